The van der Waals surface area contributed by atoms with Crippen LogP contribution in [-0.4, -0.2) is 38.9 Å². The maximum atomic E-state index is 12.8. The first kappa shape index (κ1) is 19.7. The van der Waals surface area contributed by atoms with Crippen LogP contribution in [-0.2, 0) is 21.4 Å². The molecule has 2 aromatic rings. The van der Waals surface area contributed by atoms with Crippen molar-refractivity contribution in [2.24, 2.45) is 0 Å². The normalized spacial score (nSPS) is 14.9. The number of hydrogen-bond donors (Lipinski definition) is 0. The van der Waals surface area contributed by atoms with E-state index in [1.54, 1.807) is 31.4 Å². The van der Waals surface area contributed by atoms with E-state index in [0.717, 1.165) is 18.4 Å². The average molecular weight is 410 g/mol. The molecule has 0 aromatic heterocycles. The molecular weight excluding hydrogens is 390 g/mol. The summed E-state index contributed by atoms with van der Waals surface area (Å²) in [7, 11) is -2.17. The third kappa shape index (κ3) is 4.43. The van der Waals surface area contributed by atoms with Crippen molar-refractivity contribution in [1.82, 2.24) is 4.31 Å². The lowest BCUT2D eigenvalue weighted by Gasteiger charge is -2.17. The van der Waals surface area contributed by atoms with Crippen molar-refractivity contribution in [1.29, 1.82) is 0 Å². The Labute approximate surface area is 163 Å². The van der Waals surface area contributed by atoms with Gasteiger partial charge in [-0.15, -0.1) is 0 Å². The minimum Gasteiger partial charge on any atom is -0.497 e. The Kier molecular flexibility index (Phi) is 6.04. The lowest BCUT2D eigenvalue weighted by molar-refractivity contribution is 0.0472. The summed E-state index contributed by atoms with van der Waals surface area (Å²) in [5.74, 6) is 0.0430. The fourth-order valence-corrected chi connectivity index (χ4v) is 4.91. The largest absolute Gasteiger partial charge is 0.497 e. The molecule has 1 fully saturated rings. The van der Waals surface area contributed by atoms with E-state index in [-0.39, 0.29) is 22.1 Å². The lowest BCUT2D eigenvalue weighted by Crippen LogP contribution is -2.28. The Morgan fingerprint density at radius 2 is 1.89 bits per heavy atom. The Bertz CT molecular complexity index is 939. The van der Waals surface area contributed by atoms with Gasteiger partial charge in [0.25, 0.3) is 0 Å². The van der Waals surface area contributed by atoms with Gasteiger partial charge >= 0.3 is 5.97 Å². The van der Waals surface area contributed by atoms with Crippen molar-refractivity contribution < 1.29 is 22.7 Å². The Morgan fingerprint density at radius 3 is 2.59 bits per heavy atom. The van der Waals surface area contributed by atoms with Crippen LogP contribution >= 0.6 is 11.6 Å². The standard InChI is InChI=1S/C19H20ClNO5S/c1-25-16-6-4-5-14(11-16)13-26-19(22)15-7-8-17(20)18(12-15)27(23,24)21-9-2-3-10-21/h4-8,11-12H,2-3,9-10,13H2,1H3. The maximum Gasteiger partial charge on any atom is 0.338 e. The van der Waals surface area contributed by atoms with E-state index in [9.17, 15) is 13.2 Å². The molecule has 0 spiro atoms. The SMILES string of the molecule is COc1cccc(COC(=O)c2ccc(Cl)c(S(=O)(=O)N3CCCC3)c2)c1. The van der Waals surface area contributed by atoms with E-state index >= 15 is 0 Å². The molecule has 0 saturated carbocycles. The Hall–Kier alpha value is -2.09. The lowest BCUT2D eigenvalue weighted by atomic mass is 10.2. The molecule has 0 N–H and O–H groups in total. The van der Waals surface area contributed by atoms with Crippen molar-refractivity contribution in [3.63, 3.8) is 0 Å². The van der Waals surface area contributed by atoms with Crippen LogP contribution in [0.4, 0.5) is 0 Å². The quantitative estimate of drug-likeness (QED) is 0.683. The second kappa shape index (κ2) is 8.29. The van der Waals surface area contributed by atoms with Gasteiger partial charge in [0.15, 0.2) is 0 Å². The summed E-state index contributed by atoms with van der Waals surface area (Å²) in [6, 6.07) is 11.3. The van der Waals surface area contributed by atoms with Gasteiger partial charge in [0.2, 0.25) is 10.0 Å². The van der Waals surface area contributed by atoms with Gasteiger partial charge < -0.3 is 9.47 Å². The summed E-state index contributed by atoms with van der Waals surface area (Å²) in [5.41, 5.74) is 0.904. The summed E-state index contributed by atoms with van der Waals surface area (Å²) in [5, 5.41) is 0.0891. The van der Waals surface area contributed by atoms with Crippen LogP contribution in [0.15, 0.2) is 47.4 Å². The number of sulfonamides is 1. The zero-order chi connectivity index (χ0) is 19.4. The molecule has 1 aliphatic heterocycles. The molecule has 0 aliphatic carbocycles. The van der Waals surface area contributed by atoms with Gasteiger partial charge in [-0.1, -0.05) is 23.7 Å². The molecular formula is C19H20ClNO5S. The molecule has 2 aromatic carbocycles. The summed E-state index contributed by atoms with van der Waals surface area (Å²) in [6.07, 6.45) is 1.64. The molecule has 0 bridgehead atoms. The summed E-state index contributed by atoms with van der Waals surface area (Å²) >= 11 is 6.10. The minimum atomic E-state index is -3.72. The third-order valence-corrected chi connectivity index (χ3v) is 6.73. The first-order chi connectivity index (χ1) is 12.9. The van der Waals surface area contributed by atoms with Gasteiger partial charge in [-0.25, -0.2) is 13.2 Å². The van der Waals surface area contributed by atoms with Crippen LogP contribution in [0.5, 0.6) is 5.75 Å². The number of hydrogen-bond acceptors (Lipinski definition) is 5. The Balaban J connectivity index is 1.77. The maximum absolute atomic E-state index is 12.8. The van der Waals surface area contributed by atoms with E-state index in [0.29, 0.717) is 18.8 Å². The number of esters is 1. The van der Waals surface area contributed by atoms with Crippen molar-refractivity contribution in [3.05, 3.63) is 58.6 Å². The molecule has 0 radical (unpaired) electrons. The van der Waals surface area contributed by atoms with Gasteiger partial charge in [0.1, 0.15) is 17.3 Å². The Morgan fingerprint density at radius 1 is 1.15 bits per heavy atom. The molecule has 0 atom stereocenters. The van der Waals surface area contributed by atoms with Crippen molar-refractivity contribution >= 4 is 27.6 Å². The van der Waals surface area contributed by atoms with Crippen LogP contribution in [0, 0.1) is 0 Å². The molecule has 3 rings (SSSR count). The molecule has 0 amide bonds. The molecule has 8 heteroatoms. The first-order valence-corrected chi connectivity index (χ1v) is 10.3. The average Bonchev–Trinajstić information content (AvgIpc) is 3.22. The van der Waals surface area contributed by atoms with Gasteiger partial charge in [0.05, 0.1) is 17.7 Å². The van der Waals surface area contributed by atoms with Crippen LogP contribution in [0.3, 0.4) is 0 Å². The summed E-state index contributed by atoms with van der Waals surface area (Å²) in [6.45, 7) is 0.971. The fraction of sp³-hybridized carbons (Fsp3) is 0.316. The summed E-state index contributed by atoms with van der Waals surface area (Å²) < 4.78 is 37.3. The van der Waals surface area contributed by atoms with E-state index in [2.05, 4.69) is 0 Å². The fourth-order valence-electron chi connectivity index (χ4n) is 2.89. The first-order valence-electron chi connectivity index (χ1n) is 8.51. The van der Waals surface area contributed by atoms with Crippen LogP contribution < -0.4 is 4.74 Å². The predicted molar refractivity (Wildman–Crippen MR) is 102 cm³/mol. The van der Waals surface area contributed by atoms with Crippen molar-refractivity contribution in [2.45, 2.75) is 24.3 Å². The topological polar surface area (TPSA) is 72.9 Å². The molecule has 1 saturated heterocycles. The number of rotatable bonds is 6. The number of ether oxygens (including phenoxy) is 2. The van der Waals surface area contributed by atoms with Crippen LogP contribution in [0.2, 0.25) is 5.02 Å². The zero-order valence-corrected chi connectivity index (χ0v) is 16.4. The van der Waals surface area contributed by atoms with Crippen LogP contribution in [0.1, 0.15) is 28.8 Å². The number of benzene rings is 2. The molecule has 6 nitrogen and oxygen atoms in total. The molecule has 0 unspecified atom stereocenters. The number of carbonyl (C=O) groups excluding carboxylic acids is 1. The van der Waals surface area contributed by atoms with Crippen molar-refractivity contribution in [2.75, 3.05) is 20.2 Å². The van der Waals surface area contributed by atoms with Gasteiger partial charge in [-0.2, -0.15) is 4.31 Å². The number of halogens is 1. The molecule has 1 heterocycles. The predicted octanol–water partition coefficient (Wildman–Crippen LogP) is 3.49. The van der Waals surface area contributed by atoms with E-state index in [4.69, 9.17) is 21.1 Å². The monoisotopic (exact) mass is 409 g/mol. The van der Waals surface area contributed by atoms with Gasteiger partial charge in [-0.3, -0.25) is 0 Å². The summed E-state index contributed by atoms with van der Waals surface area (Å²) in [4.78, 5) is 12.3. The minimum absolute atomic E-state index is 0.0485. The highest BCUT2D eigenvalue weighted by atomic mass is 35.5. The van der Waals surface area contributed by atoms with E-state index in [1.807, 2.05) is 0 Å². The highest BCUT2D eigenvalue weighted by Gasteiger charge is 2.29. The second-order valence-corrected chi connectivity index (χ2v) is 8.50. The highest BCUT2D eigenvalue weighted by Crippen LogP contribution is 2.28. The number of nitrogens with zero attached hydrogens (tertiary/aromatic N) is 1. The third-order valence-electron chi connectivity index (χ3n) is 4.35. The highest BCUT2D eigenvalue weighted by molar-refractivity contribution is 7.89. The molecule has 1 aliphatic rings. The molecule has 27 heavy (non-hydrogen) atoms. The number of methoxy groups -OCH3 is 1. The van der Waals surface area contributed by atoms with E-state index < -0.39 is 16.0 Å². The molecule has 144 valence electrons. The van der Waals surface area contributed by atoms with Gasteiger partial charge in [0, 0.05) is 13.1 Å². The van der Waals surface area contributed by atoms with E-state index in [1.165, 1.54) is 22.5 Å². The second-order valence-electron chi connectivity index (χ2n) is 6.18. The van der Waals surface area contributed by atoms with Crippen LogP contribution in [0.25, 0.3) is 0 Å². The van der Waals surface area contributed by atoms with Gasteiger partial charge in [-0.05, 0) is 48.7 Å². The smallest absolute Gasteiger partial charge is 0.338 e. The van der Waals surface area contributed by atoms with Crippen molar-refractivity contribution in [3.8, 4) is 5.75 Å². The number of carbonyl (C=O) groups is 1. The zero-order valence-electron chi connectivity index (χ0n) is 14.9.